The minimum Gasteiger partial charge on any atom is -0.499 e. The lowest BCUT2D eigenvalue weighted by Gasteiger charge is -2.23. The number of amides is 2. The molecule has 2 rings (SSSR count). The van der Waals surface area contributed by atoms with E-state index in [1.165, 1.54) is 6.07 Å². The van der Waals surface area contributed by atoms with E-state index >= 15 is 0 Å². The molecule has 2 amide bonds. The lowest BCUT2D eigenvalue weighted by molar-refractivity contribution is -0.386. The molecular weight excluding hydrogens is 322 g/mol. The number of nitro benzene ring substituents is 1. The van der Waals surface area contributed by atoms with Crippen LogP contribution < -0.4 is 15.4 Å². The molecule has 1 aliphatic rings. The first kappa shape index (κ1) is 17.5. The molecule has 1 saturated heterocycles. The van der Waals surface area contributed by atoms with Gasteiger partial charge in [-0.25, -0.2) is 0 Å². The summed E-state index contributed by atoms with van der Waals surface area (Å²) in [5.74, 6) is -1.75. The van der Waals surface area contributed by atoms with E-state index < -0.39 is 22.3 Å². The van der Waals surface area contributed by atoms with Gasteiger partial charge in [0.25, 0.3) is 5.91 Å². The van der Waals surface area contributed by atoms with Crippen LogP contribution in [0.5, 0.6) is 11.5 Å². The first-order chi connectivity index (χ1) is 11.4. The molecule has 0 saturated carbocycles. The Kier molecular flexibility index (Phi) is 5.53. The second-order valence-electron chi connectivity index (χ2n) is 4.95. The van der Waals surface area contributed by atoms with Gasteiger partial charge >= 0.3 is 5.69 Å². The third-order valence-electron chi connectivity index (χ3n) is 3.31. The quantitative estimate of drug-likeness (QED) is 0.487. The Morgan fingerprint density at radius 3 is 2.92 bits per heavy atom. The Hall–Kier alpha value is -2.88. The standard InChI is InChI=1S/C14H17N3O7/c1-2-23-13-9(3-4-10(12(13)19)17(21)22)14(20)16-6-8-5-15-11(18)7-24-8/h3-4,8,19H,2,5-7H2,1H3,(H,15,18)(H,16,20). The van der Waals surface area contributed by atoms with Gasteiger partial charge in [-0.3, -0.25) is 19.7 Å². The van der Waals surface area contributed by atoms with Crippen molar-refractivity contribution in [2.45, 2.75) is 13.0 Å². The summed E-state index contributed by atoms with van der Waals surface area (Å²) >= 11 is 0. The molecule has 10 nitrogen and oxygen atoms in total. The Morgan fingerprint density at radius 1 is 1.58 bits per heavy atom. The molecule has 0 spiro atoms. The Labute approximate surface area is 136 Å². The second-order valence-corrected chi connectivity index (χ2v) is 4.95. The highest BCUT2D eigenvalue weighted by atomic mass is 16.6. The molecule has 0 aromatic heterocycles. The summed E-state index contributed by atoms with van der Waals surface area (Å²) in [6, 6.07) is 2.24. The van der Waals surface area contributed by atoms with E-state index in [1.54, 1.807) is 6.92 Å². The number of hydrogen-bond donors (Lipinski definition) is 3. The van der Waals surface area contributed by atoms with Gasteiger partial charge in [-0.15, -0.1) is 0 Å². The number of morpholine rings is 1. The van der Waals surface area contributed by atoms with Crippen LogP contribution in [0.2, 0.25) is 0 Å². The minimum atomic E-state index is -0.766. The fourth-order valence-electron chi connectivity index (χ4n) is 2.14. The van der Waals surface area contributed by atoms with Gasteiger partial charge in [0.1, 0.15) is 6.61 Å². The zero-order chi connectivity index (χ0) is 17.7. The highest BCUT2D eigenvalue weighted by molar-refractivity contribution is 5.98. The molecule has 1 aromatic rings. The summed E-state index contributed by atoms with van der Waals surface area (Å²) in [7, 11) is 0. The number of hydrogen-bond acceptors (Lipinski definition) is 7. The van der Waals surface area contributed by atoms with Gasteiger partial charge in [0, 0.05) is 19.2 Å². The molecule has 0 aliphatic carbocycles. The van der Waals surface area contributed by atoms with Crippen molar-refractivity contribution in [2.24, 2.45) is 0 Å². The van der Waals surface area contributed by atoms with Crippen molar-refractivity contribution >= 4 is 17.5 Å². The zero-order valence-corrected chi connectivity index (χ0v) is 12.9. The molecule has 1 fully saturated rings. The number of nitro groups is 1. The smallest absolute Gasteiger partial charge is 0.314 e. The first-order valence-electron chi connectivity index (χ1n) is 7.23. The molecule has 1 aromatic carbocycles. The number of ether oxygens (including phenoxy) is 2. The molecule has 1 atom stereocenters. The predicted molar refractivity (Wildman–Crippen MR) is 81.0 cm³/mol. The van der Waals surface area contributed by atoms with Crippen molar-refractivity contribution in [1.82, 2.24) is 10.6 Å². The second kappa shape index (κ2) is 7.59. The van der Waals surface area contributed by atoms with Gasteiger partial charge in [-0.2, -0.15) is 0 Å². The number of nitrogens with one attached hydrogen (secondary N) is 2. The first-order valence-corrected chi connectivity index (χ1v) is 7.23. The molecule has 1 heterocycles. The van der Waals surface area contributed by atoms with Gasteiger partial charge in [-0.05, 0) is 13.0 Å². The van der Waals surface area contributed by atoms with Gasteiger partial charge in [0.2, 0.25) is 11.7 Å². The number of aromatic hydroxyl groups is 1. The van der Waals surface area contributed by atoms with E-state index in [-0.39, 0.29) is 49.6 Å². The average Bonchev–Trinajstić information content (AvgIpc) is 2.55. The third kappa shape index (κ3) is 3.90. The minimum absolute atomic E-state index is 0.0280. The lowest BCUT2D eigenvalue weighted by Crippen LogP contribution is -2.48. The van der Waals surface area contributed by atoms with E-state index in [9.17, 15) is 24.8 Å². The van der Waals surface area contributed by atoms with Crippen LogP contribution in [0.25, 0.3) is 0 Å². The lowest BCUT2D eigenvalue weighted by atomic mass is 10.1. The van der Waals surface area contributed by atoms with E-state index in [0.717, 1.165) is 6.07 Å². The van der Waals surface area contributed by atoms with Crippen LogP contribution in [-0.4, -0.2) is 54.3 Å². The third-order valence-corrected chi connectivity index (χ3v) is 3.31. The number of rotatable bonds is 6. The fraction of sp³-hybridized carbons (Fsp3) is 0.429. The topological polar surface area (TPSA) is 140 Å². The molecule has 1 aliphatic heterocycles. The van der Waals surface area contributed by atoms with Crippen LogP contribution in [0.15, 0.2) is 12.1 Å². The van der Waals surface area contributed by atoms with Crippen molar-refractivity contribution in [3.05, 3.63) is 27.8 Å². The maximum Gasteiger partial charge on any atom is 0.314 e. The van der Waals surface area contributed by atoms with Crippen molar-refractivity contribution in [3.8, 4) is 11.5 Å². The number of nitrogens with zero attached hydrogens (tertiary/aromatic N) is 1. The Morgan fingerprint density at radius 2 is 2.33 bits per heavy atom. The molecule has 130 valence electrons. The SMILES string of the molecule is CCOc1c(C(=O)NCC2CNC(=O)CO2)ccc([N+](=O)[O-])c1O. The van der Waals surface area contributed by atoms with E-state index in [1.807, 2.05) is 0 Å². The summed E-state index contributed by atoms with van der Waals surface area (Å²) in [5, 5.41) is 26.0. The van der Waals surface area contributed by atoms with Crippen molar-refractivity contribution in [1.29, 1.82) is 0 Å². The molecule has 0 radical (unpaired) electrons. The number of phenolic OH excluding ortho intramolecular Hbond substituents is 1. The summed E-state index contributed by atoms with van der Waals surface area (Å²) < 4.78 is 10.4. The van der Waals surface area contributed by atoms with Gasteiger partial charge in [0.15, 0.2) is 5.75 Å². The summed E-state index contributed by atoms with van der Waals surface area (Å²) in [6.45, 7) is 2.06. The van der Waals surface area contributed by atoms with Crippen molar-refractivity contribution < 1.29 is 29.1 Å². The summed E-state index contributed by atoms with van der Waals surface area (Å²) in [5.41, 5.74) is -0.576. The predicted octanol–water partition coefficient (Wildman–Crippen LogP) is -0.0561. The normalized spacial score (nSPS) is 17.0. The molecule has 24 heavy (non-hydrogen) atoms. The number of carbonyl (C=O) groups excluding carboxylic acids is 2. The monoisotopic (exact) mass is 339 g/mol. The van der Waals surface area contributed by atoms with Crippen LogP contribution >= 0.6 is 0 Å². The molecule has 0 bridgehead atoms. The Bertz CT molecular complexity index is 652. The maximum absolute atomic E-state index is 12.3. The summed E-state index contributed by atoms with van der Waals surface area (Å²) in [4.78, 5) is 33.3. The Balaban J connectivity index is 2.11. The van der Waals surface area contributed by atoms with Crippen molar-refractivity contribution in [2.75, 3.05) is 26.3 Å². The summed E-state index contributed by atoms with van der Waals surface area (Å²) in [6.07, 6.45) is -0.381. The van der Waals surface area contributed by atoms with Crippen LogP contribution in [0.1, 0.15) is 17.3 Å². The van der Waals surface area contributed by atoms with Crippen LogP contribution in [0.4, 0.5) is 5.69 Å². The van der Waals surface area contributed by atoms with Gasteiger partial charge in [0.05, 0.1) is 23.2 Å². The van der Waals surface area contributed by atoms with Crippen LogP contribution in [-0.2, 0) is 9.53 Å². The molecule has 1 unspecified atom stereocenters. The van der Waals surface area contributed by atoms with Gasteiger partial charge in [-0.1, -0.05) is 0 Å². The van der Waals surface area contributed by atoms with Gasteiger partial charge < -0.3 is 25.2 Å². The highest BCUT2D eigenvalue weighted by Crippen LogP contribution is 2.38. The maximum atomic E-state index is 12.3. The van der Waals surface area contributed by atoms with E-state index in [2.05, 4.69) is 10.6 Å². The fourth-order valence-corrected chi connectivity index (χ4v) is 2.14. The van der Waals surface area contributed by atoms with Crippen molar-refractivity contribution in [3.63, 3.8) is 0 Å². The van der Waals surface area contributed by atoms with E-state index in [0.29, 0.717) is 0 Å². The highest BCUT2D eigenvalue weighted by Gasteiger charge is 2.26. The zero-order valence-electron chi connectivity index (χ0n) is 12.9. The molecule has 10 heteroatoms. The van der Waals surface area contributed by atoms with Crippen LogP contribution in [0.3, 0.4) is 0 Å². The number of benzene rings is 1. The largest absolute Gasteiger partial charge is 0.499 e. The van der Waals surface area contributed by atoms with E-state index in [4.69, 9.17) is 9.47 Å². The average molecular weight is 339 g/mol. The van der Waals surface area contributed by atoms with Crippen LogP contribution in [0, 0.1) is 10.1 Å². The molecular formula is C14H17N3O7. The number of phenols is 1. The molecule has 3 N–H and O–H groups in total. The number of carbonyl (C=O) groups is 2.